The topological polar surface area (TPSA) is 100.0 Å². The summed E-state index contributed by atoms with van der Waals surface area (Å²) in [6, 6.07) is 9.74. The van der Waals surface area contributed by atoms with Gasteiger partial charge in [0.25, 0.3) is 0 Å². The number of carbonyl (C=O) groups excluding carboxylic acids is 2. The molecule has 0 bridgehead atoms. The van der Waals surface area contributed by atoms with Gasteiger partial charge in [0.1, 0.15) is 5.75 Å². The quantitative estimate of drug-likeness (QED) is 0.317. The van der Waals surface area contributed by atoms with E-state index < -0.39 is 13.0 Å². The van der Waals surface area contributed by atoms with Gasteiger partial charge in [-0.3, -0.25) is 19.5 Å². The lowest BCUT2D eigenvalue weighted by Gasteiger charge is -2.44. The van der Waals surface area contributed by atoms with Gasteiger partial charge >= 0.3 is 7.12 Å². The Labute approximate surface area is 230 Å². The standard InChI is InChI=1S/C31H37BN2O5/c1-17(2)22-15-23-28(31(37)34(5)30(23)36)24-16-32(38)39-26(27(22)24)10-9-21(25-8-6-7-11-33-25)14-20-12-18(3)29(35)19(4)13-20/h6-8,11-14,17,23-24,26,28,35,38H,9-10,15-16H2,1-5H3/b21-14-/t23-,24+,26-,28-/m1/s1. The molecule has 2 fully saturated rings. The summed E-state index contributed by atoms with van der Waals surface area (Å²) in [4.78, 5) is 32.0. The van der Waals surface area contributed by atoms with Crippen molar-refractivity contribution in [3.63, 3.8) is 0 Å². The van der Waals surface area contributed by atoms with E-state index >= 15 is 0 Å². The van der Waals surface area contributed by atoms with Crippen molar-refractivity contribution in [2.24, 2.45) is 23.7 Å². The molecule has 1 aromatic heterocycles. The summed E-state index contributed by atoms with van der Waals surface area (Å²) in [5, 5.41) is 21.0. The van der Waals surface area contributed by atoms with Crippen molar-refractivity contribution in [2.75, 3.05) is 7.05 Å². The first kappa shape index (κ1) is 27.3. The van der Waals surface area contributed by atoms with Crippen LogP contribution in [-0.2, 0) is 14.2 Å². The van der Waals surface area contributed by atoms with Crippen molar-refractivity contribution in [2.45, 2.75) is 59.4 Å². The van der Waals surface area contributed by atoms with Crippen LogP contribution in [0.1, 0.15) is 55.5 Å². The molecule has 2 aromatic rings. The Morgan fingerprint density at radius 1 is 1.18 bits per heavy atom. The lowest BCUT2D eigenvalue weighted by Crippen LogP contribution is -2.46. The fraction of sp³-hybridized carbons (Fsp3) is 0.452. The Kier molecular flexibility index (Phi) is 7.53. The van der Waals surface area contributed by atoms with Gasteiger partial charge in [-0.2, -0.15) is 0 Å². The molecule has 204 valence electrons. The van der Waals surface area contributed by atoms with Crippen LogP contribution in [0.15, 0.2) is 47.7 Å². The zero-order chi connectivity index (χ0) is 28.0. The summed E-state index contributed by atoms with van der Waals surface area (Å²) in [5.74, 6) is -0.751. The largest absolute Gasteiger partial charge is 0.507 e. The third-order valence-electron chi connectivity index (χ3n) is 8.69. The Morgan fingerprint density at radius 3 is 2.54 bits per heavy atom. The molecular formula is C31H37BN2O5. The first-order valence-electron chi connectivity index (χ1n) is 13.9. The average molecular weight is 528 g/mol. The third-order valence-corrected chi connectivity index (χ3v) is 8.69. The highest BCUT2D eigenvalue weighted by Gasteiger charge is 2.56. The van der Waals surface area contributed by atoms with Crippen LogP contribution in [-0.4, -0.2) is 52.1 Å². The maximum Gasteiger partial charge on any atom is 0.455 e. The molecule has 2 aliphatic heterocycles. The molecule has 2 amide bonds. The number of aromatic nitrogens is 1. The molecular weight excluding hydrogens is 491 g/mol. The molecule has 7 nitrogen and oxygen atoms in total. The first-order valence-corrected chi connectivity index (χ1v) is 13.9. The summed E-state index contributed by atoms with van der Waals surface area (Å²) in [6.07, 6.45) is 5.64. The normalized spacial score (nSPS) is 25.5. The minimum atomic E-state index is -0.991. The fourth-order valence-corrected chi connectivity index (χ4v) is 6.79. The number of rotatable bonds is 6. The molecule has 39 heavy (non-hydrogen) atoms. The van der Waals surface area contributed by atoms with Gasteiger partial charge in [0.05, 0.1) is 23.6 Å². The summed E-state index contributed by atoms with van der Waals surface area (Å²) in [5.41, 5.74) is 6.76. The molecule has 0 unspecified atom stereocenters. The van der Waals surface area contributed by atoms with Crippen LogP contribution in [0.4, 0.5) is 0 Å². The Hall–Kier alpha value is -3.23. The molecule has 2 saturated heterocycles. The highest BCUT2D eigenvalue weighted by molar-refractivity contribution is 6.43. The maximum atomic E-state index is 13.2. The molecule has 1 aliphatic carbocycles. The molecule has 0 spiro atoms. The van der Waals surface area contributed by atoms with Crippen LogP contribution in [0.5, 0.6) is 5.75 Å². The monoisotopic (exact) mass is 528 g/mol. The van der Waals surface area contributed by atoms with Gasteiger partial charge in [-0.25, -0.2) is 0 Å². The van der Waals surface area contributed by atoms with E-state index in [1.165, 1.54) is 10.5 Å². The number of pyridine rings is 1. The van der Waals surface area contributed by atoms with Gasteiger partial charge in [-0.05, 0) is 109 Å². The highest BCUT2D eigenvalue weighted by atomic mass is 16.5. The van der Waals surface area contributed by atoms with Crippen LogP contribution < -0.4 is 0 Å². The highest BCUT2D eigenvalue weighted by Crippen LogP contribution is 2.51. The smallest absolute Gasteiger partial charge is 0.455 e. The van der Waals surface area contributed by atoms with Gasteiger partial charge in [-0.1, -0.05) is 25.5 Å². The molecule has 0 saturated carbocycles. The molecule has 3 aliphatic rings. The van der Waals surface area contributed by atoms with Crippen LogP contribution in [0, 0.1) is 37.5 Å². The molecule has 4 atom stereocenters. The molecule has 3 heterocycles. The molecule has 0 radical (unpaired) electrons. The number of amides is 2. The van der Waals surface area contributed by atoms with Crippen molar-refractivity contribution in [3.05, 3.63) is 70.1 Å². The number of aromatic hydroxyl groups is 1. The second-order valence-electron chi connectivity index (χ2n) is 11.6. The van der Waals surface area contributed by atoms with E-state index in [-0.39, 0.29) is 35.7 Å². The van der Waals surface area contributed by atoms with Crippen molar-refractivity contribution < 1.29 is 24.4 Å². The van der Waals surface area contributed by atoms with Crippen LogP contribution in [0.25, 0.3) is 11.6 Å². The van der Waals surface area contributed by atoms with Gasteiger partial charge in [0.15, 0.2) is 0 Å². The number of hydrogen-bond donors (Lipinski definition) is 2. The predicted molar refractivity (Wildman–Crippen MR) is 151 cm³/mol. The van der Waals surface area contributed by atoms with E-state index in [1.54, 1.807) is 13.2 Å². The summed E-state index contributed by atoms with van der Waals surface area (Å²) < 4.78 is 6.17. The predicted octanol–water partition coefficient (Wildman–Crippen LogP) is 4.81. The van der Waals surface area contributed by atoms with Crippen LogP contribution >= 0.6 is 0 Å². The summed E-state index contributed by atoms with van der Waals surface area (Å²) in [6.45, 7) is 8.03. The Bertz CT molecular complexity index is 1330. The van der Waals surface area contributed by atoms with Crippen molar-refractivity contribution in [3.8, 4) is 5.75 Å². The van der Waals surface area contributed by atoms with Crippen molar-refractivity contribution in [1.82, 2.24) is 9.88 Å². The number of aryl methyl sites for hydroxylation is 2. The first-order chi connectivity index (χ1) is 18.6. The van der Waals surface area contributed by atoms with E-state index in [4.69, 9.17) is 4.65 Å². The SMILES string of the molecule is Cc1cc(/C=C(/CC[C@H]2OB(O)C[C@H]3C2=C(C(C)C)C[C@H]2C(=O)N(C)C(=O)[C@H]23)c2ccccn2)cc(C)c1O. The fourth-order valence-electron chi connectivity index (χ4n) is 6.79. The second-order valence-corrected chi connectivity index (χ2v) is 11.6. The summed E-state index contributed by atoms with van der Waals surface area (Å²) >= 11 is 0. The zero-order valence-corrected chi connectivity index (χ0v) is 23.3. The van der Waals surface area contributed by atoms with Gasteiger partial charge in [0, 0.05) is 13.2 Å². The van der Waals surface area contributed by atoms with Gasteiger partial charge in [0.2, 0.25) is 11.8 Å². The minimum Gasteiger partial charge on any atom is -0.507 e. The van der Waals surface area contributed by atoms with E-state index in [0.29, 0.717) is 31.3 Å². The van der Waals surface area contributed by atoms with E-state index in [1.807, 2.05) is 44.2 Å². The molecule has 5 rings (SSSR count). The Balaban J connectivity index is 1.50. The second kappa shape index (κ2) is 10.7. The lowest BCUT2D eigenvalue weighted by molar-refractivity contribution is -0.138. The third kappa shape index (κ3) is 5.08. The lowest BCUT2D eigenvalue weighted by atomic mass is 9.57. The van der Waals surface area contributed by atoms with Gasteiger partial charge < -0.3 is 14.8 Å². The number of phenols is 1. The number of fused-ring (bicyclic) bond motifs is 3. The van der Waals surface area contributed by atoms with Gasteiger partial charge in [-0.15, -0.1) is 0 Å². The number of imide groups is 1. The average Bonchev–Trinajstić information content (AvgIpc) is 3.13. The van der Waals surface area contributed by atoms with E-state index in [0.717, 1.165) is 33.5 Å². The minimum absolute atomic E-state index is 0.111. The number of nitrogens with zero attached hydrogens (tertiary/aromatic N) is 2. The van der Waals surface area contributed by atoms with E-state index in [9.17, 15) is 19.7 Å². The maximum absolute atomic E-state index is 13.2. The summed E-state index contributed by atoms with van der Waals surface area (Å²) in [7, 11) is 0.580. The van der Waals surface area contributed by atoms with Crippen LogP contribution in [0.2, 0.25) is 6.32 Å². The number of carbonyl (C=O) groups is 2. The molecule has 1 aromatic carbocycles. The van der Waals surface area contributed by atoms with Crippen LogP contribution in [0.3, 0.4) is 0 Å². The number of likely N-dealkylation sites (tertiary alicyclic amines) is 1. The number of phenolic OH excluding ortho intramolecular Hbond substituents is 1. The number of benzene rings is 1. The molecule has 2 N–H and O–H groups in total. The Morgan fingerprint density at radius 2 is 1.90 bits per heavy atom. The van der Waals surface area contributed by atoms with E-state index in [2.05, 4.69) is 24.9 Å². The van der Waals surface area contributed by atoms with Crippen molar-refractivity contribution in [1.29, 1.82) is 0 Å². The number of hydrogen-bond acceptors (Lipinski definition) is 6. The number of allylic oxidation sites excluding steroid dienone is 2. The van der Waals surface area contributed by atoms with Crippen molar-refractivity contribution >= 4 is 30.6 Å². The zero-order valence-electron chi connectivity index (χ0n) is 23.3. The molecule has 8 heteroatoms.